The number of pyridine rings is 1. The van der Waals surface area contributed by atoms with Crippen LogP contribution < -0.4 is 10.2 Å². The van der Waals surface area contributed by atoms with Crippen LogP contribution in [-0.2, 0) is 6.54 Å². The highest BCUT2D eigenvalue weighted by atomic mass is 19.4. The molecule has 0 aliphatic carbocycles. The molecule has 1 rings (SSSR count). The molecular formula is C12H17F4N3. The quantitative estimate of drug-likeness (QED) is 0.840. The van der Waals surface area contributed by atoms with Crippen molar-refractivity contribution in [2.45, 2.75) is 32.6 Å². The molecule has 108 valence electrons. The van der Waals surface area contributed by atoms with Crippen molar-refractivity contribution in [3.8, 4) is 0 Å². The molecule has 0 saturated heterocycles. The third kappa shape index (κ3) is 5.02. The maximum absolute atomic E-state index is 14.0. The molecule has 0 amide bonds. The molecule has 0 fully saturated rings. The summed E-state index contributed by atoms with van der Waals surface area (Å²) in [6.07, 6.45) is -3.09. The Balaban J connectivity index is 2.87. The number of hydrogen-bond acceptors (Lipinski definition) is 3. The lowest BCUT2D eigenvalue weighted by molar-refractivity contribution is -0.119. The smallest absolute Gasteiger partial charge is 0.348 e. The summed E-state index contributed by atoms with van der Waals surface area (Å²) in [7, 11) is 1.17. The molecule has 0 saturated carbocycles. The zero-order valence-electron chi connectivity index (χ0n) is 11.1. The number of anilines is 1. The van der Waals surface area contributed by atoms with E-state index < -0.39 is 18.5 Å². The highest BCUT2D eigenvalue weighted by Crippen LogP contribution is 2.23. The van der Waals surface area contributed by atoms with Gasteiger partial charge in [0, 0.05) is 31.4 Å². The van der Waals surface area contributed by atoms with E-state index in [4.69, 9.17) is 0 Å². The molecular weight excluding hydrogens is 262 g/mol. The Morgan fingerprint density at radius 2 is 2.00 bits per heavy atom. The second-order valence-electron chi connectivity index (χ2n) is 4.61. The summed E-state index contributed by atoms with van der Waals surface area (Å²) in [5.74, 6) is -1.01. The van der Waals surface area contributed by atoms with Gasteiger partial charge >= 0.3 is 6.18 Å². The van der Waals surface area contributed by atoms with Crippen LogP contribution in [0.15, 0.2) is 12.3 Å². The topological polar surface area (TPSA) is 28.2 Å². The molecule has 19 heavy (non-hydrogen) atoms. The molecule has 7 heteroatoms. The minimum Gasteiger partial charge on any atom is -0.348 e. The normalized spacial score (nSPS) is 12.0. The van der Waals surface area contributed by atoms with Gasteiger partial charge in [0.05, 0.1) is 0 Å². The van der Waals surface area contributed by atoms with Crippen LogP contribution in [0.2, 0.25) is 0 Å². The first-order valence-corrected chi connectivity index (χ1v) is 5.85. The molecule has 1 N–H and O–H groups in total. The molecule has 0 atom stereocenters. The van der Waals surface area contributed by atoms with Crippen molar-refractivity contribution >= 4 is 5.82 Å². The maximum atomic E-state index is 14.0. The summed E-state index contributed by atoms with van der Waals surface area (Å²) in [5.41, 5.74) is 0.299. The van der Waals surface area contributed by atoms with Gasteiger partial charge in [0.1, 0.15) is 6.54 Å². The Labute approximate surface area is 109 Å². The van der Waals surface area contributed by atoms with Crippen LogP contribution in [0.25, 0.3) is 0 Å². The lowest BCUT2D eigenvalue weighted by Crippen LogP contribution is -2.32. The van der Waals surface area contributed by atoms with Gasteiger partial charge in [-0.15, -0.1) is 0 Å². The molecule has 0 spiro atoms. The average Bonchev–Trinajstić information content (AvgIpc) is 2.25. The first-order valence-electron chi connectivity index (χ1n) is 5.85. The number of nitrogens with one attached hydrogen (secondary N) is 1. The SMILES string of the molecule is CC(C)NCc1ccnc(N(C)CC(F)(F)F)c1F. The predicted molar refractivity (Wildman–Crippen MR) is 65.5 cm³/mol. The fraction of sp³-hybridized carbons (Fsp3) is 0.583. The lowest BCUT2D eigenvalue weighted by Gasteiger charge is -2.21. The van der Waals surface area contributed by atoms with Crippen molar-refractivity contribution < 1.29 is 17.6 Å². The third-order valence-electron chi connectivity index (χ3n) is 2.43. The van der Waals surface area contributed by atoms with Crippen molar-refractivity contribution in [1.29, 1.82) is 0 Å². The monoisotopic (exact) mass is 279 g/mol. The number of aromatic nitrogens is 1. The Bertz CT molecular complexity index is 418. The van der Waals surface area contributed by atoms with Crippen molar-refractivity contribution in [2.24, 2.45) is 0 Å². The predicted octanol–water partition coefficient (Wildman–Crippen LogP) is 2.72. The molecule has 0 aliphatic heterocycles. The van der Waals surface area contributed by atoms with E-state index in [2.05, 4.69) is 10.3 Å². The van der Waals surface area contributed by atoms with Crippen LogP contribution in [0.5, 0.6) is 0 Å². The first-order chi connectivity index (χ1) is 8.70. The summed E-state index contributed by atoms with van der Waals surface area (Å²) >= 11 is 0. The van der Waals surface area contributed by atoms with Gasteiger partial charge in [-0.05, 0) is 6.07 Å². The van der Waals surface area contributed by atoms with Crippen LogP contribution in [0, 0.1) is 5.82 Å². The van der Waals surface area contributed by atoms with Gasteiger partial charge < -0.3 is 10.2 Å². The molecule has 0 aliphatic rings. The number of halogens is 4. The molecule has 0 radical (unpaired) electrons. The second-order valence-corrected chi connectivity index (χ2v) is 4.61. The van der Waals surface area contributed by atoms with E-state index in [1.807, 2.05) is 13.8 Å². The summed E-state index contributed by atoms with van der Waals surface area (Å²) in [4.78, 5) is 4.43. The summed E-state index contributed by atoms with van der Waals surface area (Å²) in [6.45, 7) is 2.81. The number of nitrogens with zero attached hydrogens (tertiary/aromatic N) is 2. The van der Waals surface area contributed by atoms with E-state index in [1.54, 1.807) is 0 Å². The van der Waals surface area contributed by atoms with Gasteiger partial charge in [0.2, 0.25) is 0 Å². The molecule has 1 aromatic heterocycles. The van der Waals surface area contributed by atoms with Crippen molar-refractivity contribution in [1.82, 2.24) is 10.3 Å². The van der Waals surface area contributed by atoms with Gasteiger partial charge in [-0.25, -0.2) is 9.37 Å². The van der Waals surface area contributed by atoms with Crippen LogP contribution in [-0.4, -0.2) is 30.8 Å². The molecule has 0 aromatic carbocycles. The standard InChI is InChI=1S/C12H17F4N3/c1-8(2)18-6-9-4-5-17-11(10(9)13)19(3)7-12(14,15)16/h4-5,8,18H,6-7H2,1-3H3. The summed E-state index contributed by atoms with van der Waals surface area (Å²) in [5, 5.41) is 3.01. The van der Waals surface area contributed by atoms with Gasteiger partial charge in [-0.3, -0.25) is 0 Å². The molecule has 3 nitrogen and oxygen atoms in total. The highest BCUT2D eigenvalue weighted by molar-refractivity contribution is 5.42. The van der Waals surface area contributed by atoms with E-state index in [0.29, 0.717) is 5.56 Å². The highest BCUT2D eigenvalue weighted by Gasteiger charge is 2.31. The number of hydrogen-bond donors (Lipinski definition) is 1. The molecule has 0 unspecified atom stereocenters. The summed E-state index contributed by atoms with van der Waals surface area (Å²) in [6, 6.07) is 1.61. The Morgan fingerprint density at radius 3 is 2.53 bits per heavy atom. The van der Waals surface area contributed by atoms with Crippen molar-refractivity contribution in [2.75, 3.05) is 18.5 Å². The van der Waals surface area contributed by atoms with Crippen molar-refractivity contribution in [3.05, 3.63) is 23.6 Å². The zero-order valence-corrected chi connectivity index (χ0v) is 11.1. The minimum absolute atomic E-state index is 0.156. The molecule has 0 bridgehead atoms. The maximum Gasteiger partial charge on any atom is 0.405 e. The second kappa shape index (κ2) is 6.18. The van der Waals surface area contributed by atoms with E-state index in [0.717, 1.165) is 4.90 Å². The van der Waals surface area contributed by atoms with Crippen LogP contribution in [0.1, 0.15) is 19.4 Å². The largest absolute Gasteiger partial charge is 0.405 e. The number of alkyl halides is 3. The van der Waals surface area contributed by atoms with Crippen LogP contribution in [0.3, 0.4) is 0 Å². The fourth-order valence-electron chi connectivity index (χ4n) is 1.53. The first kappa shape index (κ1) is 15.7. The van der Waals surface area contributed by atoms with Crippen LogP contribution in [0.4, 0.5) is 23.4 Å². The van der Waals surface area contributed by atoms with Gasteiger partial charge in [0.15, 0.2) is 11.6 Å². The van der Waals surface area contributed by atoms with Gasteiger partial charge in [0.25, 0.3) is 0 Å². The van der Waals surface area contributed by atoms with Gasteiger partial charge in [-0.1, -0.05) is 13.8 Å². The van der Waals surface area contributed by atoms with E-state index >= 15 is 0 Å². The zero-order chi connectivity index (χ0) is 14.6. The average molecular weight is 279 g/mol. The lowest BCUT2D eigenvalue weighted by atomic mass is 10.2. The van der Waals surface area contributed by atoms with Crippen LogP contribution >= 0.6 is 0 Å². The van der Waals surface area contributed by atoms with Crippen molar-refractivity contribution in [3.63, 3.8) is 0 Å². The minimum atomic E-state index is -4.39. The van der Waals surface area contributed by atoms with E-state index in [9.17, 15) is 17.6 Å². The van der Waals surface area contributed by atoms with E-state index in [1.165, 1.54) is 19.3 Å². The molecule has 1 heterocycles. The van der Waals surface area contributed by atoms with Gasteiger partial charge in [-0.2, -0.15) is 13.2 Å². The number of rotatable bonds is 5. The Hall–Kier alpha value is -1.37. The summed E-state index contributed by atoms with van der Waals surface area (Å²) < 4.78 is 50.9. The fourth-order valence-corrected chi connectivity index (χ4v) is 1.53. The Morgan fingerprint density at radius 1 is 1.37 bits per heavy atom. The molecule has 1 aromatic rings. The van der Waals surface area contributed by atoms with E-state index in [-0.39, 0.29) is 18.4 Å². The third-order valence-corrected chi connectivity index (χ3v) is 2.43. The Kier molecular flexibility index (Phi) is 5.11.